The molecular weight excluding hydrogens is 227 g/mol. The molecule has 18 heavy (non-hydrogen) atoms. The van der Waals surface area contributed by atoms with Crippen molar-refractivity contribution < 1.29 is 9.18 Å². The first kappa shape index (κ1) is 12.5. The van der Waals surface area contributed by atoms with E-state index in [9.17, 15) is 9.18 Å². The van der Waals surface area contributed by atoms with E-state index in [4.69, 9.17) is 0 Å². The lowest BCUT2D eigenvalue weighted by atomic mass is 9.97. The average Bonchev–Trinajstić information content (AvgIpc) is 2.38. The fraction of sp³-hybridized carbons (Fsp3) is 0.188. The maximum absolute atomic E-state index is 13.1. The summed E-state index contributed by atoms with van der Waals surface area (Å²) in [6.45, 7) is 2.02. The van der Waals surface area contributed by atoms with Crippen LogP contribution in [0.2, 0.25) is 0 Å². The van der Waals surface area contributed by atoms with Gasteiger partial charge in [-0.15, -0.1) is 0 Å². The van der Waals surface area contributed by atoms with Gasteiger partial charge in [-0.05, 0) is 29.7 Å². The first-order valence-electron chi connectivity index (χ1n) is 6.06. The van der Waals surface area contributed by atoms with E-state index in [0.717, 1.165) is 17.5 Å². The summed E-state index contributed by atoms with van der Waals surface area (Å²) in [5.74, 6) is -0.262. The maximum Gasteiger partial charge on any atom is 0.167 e. The monoisotopic (exact) mass is 242 g/mol. The summed E-state index contributed by atoms with van der Waals surface area (Å²) in [4.78, 5) is 12.2. The van der Waals surface area contributed by atoms with Gasteiger partial charge in [0.2, 0.25) is 0 Å². The molecule has 0 aliphatic heterocycles. The van der Waals surface area contributed by atoms with E-state index in [1.54, 1.807) is 12.1 Å². The fourth-order valence-electron chi connectivity index (χ4n) is 2.03. The van der Waals surface area contributed by atoms with Crippen molar-refractivity contribution in [2.45, 2.75) is 19.8 Å². The fourth-order valence-corrected chi connectivity index (χ4v) is 2.03. The van der Waals surface area contributed by atoms with Gasteiger partial charge >= 0.3 is 0 Å². The quantitative estimate of drug-likeness (QED) is 0.745. The van der Waals surface area contributed by atoms with Gasteiger partial charge in [-0.3, -0.25) is 4.79 Å². The van der Waals surface area contributed by atoms with Crippen LogP contribution in [0.4, 0.5) is 4.39 Å². The van der Waals surface area contributed by atoms with Crippen molar-refractivity contribution in [3.63, 3.8) is 0 Å². The van der Waals surface area contributed by atoms with Gasteiger partial charge in [0, 0.05) is 12.0 Å². The summed E-state index contributed by atoms with van der Waals surface area (Å²) >= 11 is 0. The number of benzene rings is 2. The third kappa shape index (κ3) is 2.83. The average molecular weight is 242 g/mol. The number of carbonyl (C=O) groups excluding carboxylic acids is 1. The van der Waals surface area contributed by atoms with Crippen LogP contribution in [-0.2, 0) is 12.8 Å². The van der Waals surface area contributed by atoms with Crippen molar-refractivity contribution in [2.75, 3.05) is 0 Å². The smallest absolute Gasteiger partial charge is 0.167 e. The van der Waals surface area contributed by atoms with Crippen LogP contribution in [0.25, 0.3) is 0 Å². The van der Waals surface area contributed by atoms with Crippen molar-refractivity contribution in [2.24, 2.45) is 0 Å². The van der Waals surface area contributed by atoms with E-state index in [0.29, 0.717) is 5.56 Å². The first-order valence-corrected chi connectivity index (χ1v) is 6.06. The Hall–Kier alpha value is -1.96. The third-order valence-electron chi connectivity index (χ3n) is 2.95. The van der Waals surface area contributed by atoms with Gasteiger partial charge in [0.05, 0.1) is 0 Å². The Labute approximate surface area is 106 Å². The van der Waals surface area contributed by atoms with Crippen LogP contribution in [-0.4, -0.2) is 5.78 Å². The van der Waals surface area contributed by atoms with Gasteiger partial charge in [-0.2, -0.15) is 0 Å². The number of Topliss-reactive ketones (excluding diaryl/α,β-unsaturated/α-hetero) is 1. The number of rotatable bonds is 4. The van der Waals surface area contributed by atoms with Crippen LogP contribution in [0.15, 0.2) is 48.5 Å². The molecule has 0 aromatic heterocycles. The molecule has 0 atom stereocenters. The third-order valence-corrected chi connectivity index (χ3v) is 2.95. The van der Waals surface area contributed by atoms with E-state index in [2.05, 4.69) is 0 Å². The lowest BCUT2D eigenvalue weighted by Crippen LogP contribution is -2.06. The summed E-state index contributed by atoms with van der Waals surface area (Å²) in [6.07, 6.45) is 1.07. The minimum absolute atomic E-state index is 0.0399. The predicted molar refractivity (Wildman–Crippen MR) is 70.3 cm³/mol. The highest BCUT2D eigenvalue weighted by Gasteiger charge is 2.10. The summed E-state index contributed by atoms with van der Waals surface area (Å²) in [7, 11) is 0. The Morgan fingerprint density at radius 2 is 1.89 bits per heavy atom. The number of hydrogen-bond donors (Lipinski definition) is 0. The molecule has 0 radical (unpaired) electrons. The van der Waals surface area contributed by atoms with Crippen molar-refractivity contribution in [1.29, 1.82) is 0 Å². The zero-order chi connectivity index (χ0) is 13.0. The molecule has 0 spiro atoms. The van der Waals surface area contributed by atoms with Gasteiger partial charge in [0.15, 0.2) is 5.78 Å². The number of halogens is 1. The SMILES string of the molecule is CCc1ccccc1C(=O)Cc1cccc(F)c1. The molecule has 1 nitrogen and oxygen atoms in total. The summed E-state index contributed by atoms with van der Waals surface area (Å²) in [6, 6.07) is 13.8. The maximum atomic E-state index is 13.1. The number of hydrogen-bond acceptors (Lipinski definition) is 1. The molecule has 92 valence electrons. The minimum Gasteiger partial charge on any atom is -0.294 e. The first-order chi connectivity index (χ1) is 8.70. The molecule has 0 saturated carbocycles. The molecule has 0 fully saturated rings. The van der Waals surface area contributed by atoms with Crippen LogP contribution >= 0.6 is 0 Å². The second-order valence-electron chi connectivity index (χ2n) is 4.24. The Morgan fingerprint density at radius 3 is 2.61 bits per heavy atom. The molecule has 2 heteroatoms. The van der Waals surface area contributed by atoms with Crippen molar-refractivity contribution in [3.05, 3.63) is 71.0 Å². The molecule has 2 aromatic carbocycles. The molecule has 0 unspecified atom stereocenters. The van der Waals surface area contributed by atoms with Crippen LogP contribution in [0.5, 0.6) is 0 Å². The molecule has 0 amide bonds. The zero-order valence-corrected chi connectivity index (χ0v) is 10.3. The second-order valence-corrected chi connectivity index (χ2v) is 4.24. The molecule has 0 bridgehead atoms. The summed E-state index contributed by atoms with van der Waals surface area (Å²) < 4.78 is 13.1. The molecule has 0 saturated heterocycles. The lowest BCUT2D eigenvalue weighted by Gasteiger charge is -2.06. The van der Waals surface area contributed by atoms with Crippen LogP contribution in [0.1, 0.15) is 28.4 Å². The highest BCUT2D eigenvalue weighted by atomic mass is 19.1. The molecule has 0 N–H and O–H groups in total. The van der Waals surface area contributed by atoms with E-state index in [1.165, 1.54) is 12.1 Å². The Balaban J connectivity index is 2.22. The summed E-state index contributed by atoms with van der Waals surface area (Å²) in [5.41, 5.74) is 2.49. The van der Waals surface area contributed by atoms with Crippen molar-refractivity contribution in [3.8, 4) is 0 Å². The Kier molecular flexibility index (Phi) is 3.88. The molecule has 2 aromatic rings. The molecule has 2 rings (SSSR count). The number of carbonyl (C=O) groups is 1. The predicted octanol–water partition coefficient (Wildman–Crippen LogP) is 3.81. The van der Waals surface area contributed by atoms with E-state index in [-0.39, 0.29) is 18.0 Å². The van der Waals surface area contributed by atoms with Gasteiger partial charge in [-0.1, -0.05) is 43.3 Å². The van der Waals surface area contributed by atoms with Gasteiger partial charge < -0.3 is 0 Å². The number of aryl methyl sites for hydroxylation is 1. The Morgan fingerprint density at radius 1 is 1.11 bits per heavy atom. The van der Waals surface area contributed by atoms with Crippen LogP contribution < -0.4 is 0 Å². The zero-order valence-electron chi connectivity index (χ0n) is 10.3. The van der Waals surface area contributed by atoms with Crippen LogP contribution in [0, 0.1) is 5.82 Å². The van der Waals surface area contributed by atoms with E-state index in [1.807, 2.05) is 31.2 Å². The second kappa shape index (κ2) is 5.58. The van der Waals surface area contributed by atoms with Crippen molar-refractivity contribution in [1.82, 2.24) is 0 Å². The van der Waals surface area contributed by atoms with Crippen molar-refractivity contribution >= 4 is 5.78 Å². The van der Waals surface area contributed by atoms with E-state index < -0.39 is 0 Å². The molecule has 0 aliphatic carbocycles. The molecule has 0 aliphatic rings. The van der Waals surface area contributed by atoms with E-state index >= 15 is 0 Å². The van der Waals surface area contributed by atoms with Gasteiger partial charge in [-0.25, -0.2) is 4.39 Å². The number of ketones is 1. The Bertz CT molecular complexity index is 561. The lowest BCUT2D eigenvalue weighted by molar-refractivity contribution is 0.0992. The summed E-state index contributed by atoms with van der Waals surface area (Å²) in [5, 5.41) is 0. The van der Waals surface area contributed by atoms with Gasteiger partial charge in [0.1, 0.15) is 5.82 Å². The normalized spacial score (nSPS) is 10.3. The highest BCUT2D eigenvalue weighted by molar-refractivity contribution is 5.98. The largest absolute Gasteiger partial charge is 0.294 e. The highest BCUT2D eigenvalue weighted by Crippen LogP contribution is 2.14. The van der Waals surface area contributed by atoms with Crippen LogP contribution in [0.3, 0.4) is 0 Å². The molecular formula is C16H15FO. The van der Waals surface area contributed by atoms with Gasteiger partial charge in [0.25, 0.3) is 0 Å². The minimum atomic E-state index is -0.302. The molecule has 0 heterocycles. The topological polar surface area (TPSA) is 17.1 Å². The standard InChI is InChI=1S/C16H15FO/c1-2-13-7-3-4-9-15(13)16(18)11-12-6-5-8-14(17)10-12/h3-10H,2,11H2,1H3.